The second-order valence-corrected chi connectivity index (χ2v) is 8.95. The molecule has 0 saturated carbocycles. The van der Waals surface area contributed by atoms with Gasteiger partial charge in [0.05, 0.1) is 23.5 Å². The average molecular weight is 450 g/mol. The van der Waals surface area contributed by atoms with Gasteiger partial charge in [-0.05, 0) is 87.0 Å². The normalized spacial score (nSPS) is 21.6. The van der Waals surface area contributed by atoms with Crippen LogP contribution in [0.2, 0.25) is 0 Å². The van der Waals surface area contributed by atoms with Crippen LogP contribution in [0.25, 0.3) is 0 Å². The lowest BCUT2D eigenvalue weighted by atomic mass is 9.88. The summed E-state index contributed by atoms with van der Waals surface area (Å²) in [6.45, 7) is 9.87. The maximum Gasteiger partial charge on any atom is 0.411 e. The summed E-state index contributed by atoms with van der Waals surface area (Å²) in [7, 11) is 1.80. The standard InChI is InChI=1S/C22H32BrN3O2/c1-7-10-15(2)20(24-6)18-13-9-12-17(16-11-8-14-19(23)25-16)26(18)21(27)28-22(3,4)5/h8,10-11,14,17-18H,7,9,12-13H2,1-6H3/b15-10-,24-20?. The van der Waals surface area contributed by atoms with Crippen molar-refractivity contribution in [2.45, 2.75) is 78.0 Å². The van der Waals surface area contributed by atoms with Gasteiger partial charge in [-0.1, -0.05) is 19.1 Å². The third-order valence-corrected chi connectivity index (χ3v) is 5.22. The van der Waals surface area contributed by atoms with Crippen LogP contribution in [0.3, 0.4) is 0 Å². The van der Waals surface area contributed by atoms with Gasteiger partial charge in [-0.3, -0.25) is 9.89 Å². The van der Waals surface area contributed by atoms with Crippen molar-refractivity contribution >= 4 is 27.7 Å². The molecule has 1 aliphatic heterocycles. The first-order valence-corrected chi connectivity index (χ1v) is 10.7. The van der Waals surface area contributed by atoms with E-state index in [0.717, 1.165) is 47.3 Å². The van der Waals surface area contributed by atoms with Crippen LogP contribution in [0.5, 0.6) is 0 Å². The van der Waals surface area contributed by atoms with E-state index in [2.05, 4.69) is 45.8 Å². The number of aromatic nitrogens is 1. The Morgan fingerprint density at radius 2 is 2.11 bits per heavy atom. The summed E-state index contributed by atoms with van der Waals surface area (Å²) < 4.78 is 6.56. The third kappa shape index (κ3) is 5.66. The van der Waals surface area contributed by atoms with Gasteiger partial charge in [0.1, 0.15) is 10.2 Å². The molecule has 0 aromatic carbocycles. The number of likely N-dealkylation sites (tertiary alicyclic amines) is 1. The predicted octanol–water partition coefficient (Wildman–Crippen LogP) is 6.10. The predicted molar refractivity (Wildman–Crippen MR) is 118 cm³/mol. The van der Waals surface area contributed by atoms with E-state index in [0.29, 0.717) is 0 Å². The first-order chi connectivity index (χ1) is 13.2. The van der Waals surface area contributed by atoms with Crippen LogP contribution < -0.4 is 0 Å². The fourth-order valence-corrected chi connectivity index (χ4v) is 4.09. The third-order valence-electron chi connectivity index (χ3n) is 4.78. The van der Waals surface area contributed by atoms with E-state index in [4.69, 9.17) is 4.74 Å². The summed E-state index contributed by atoms with van der Waals surface area (Å²) in [5.41, 5.74) is 2.38. The smallest absolute Gasteiger partial charge is 0.411 e. The first-order valence-electron chi connectivity index (χ1n) is 9.95. The van der Waals surface area contributed by atoms with Gasteiger partial charge in [0, 0.05) is 7.05 Å². The molecule has 0 N–H and O–H groups in total. The van der Waals surface area contributed by atoms with Gasteiger partial charge < -0.3 is 4.74 Å². The van der Waals surface area contributed by atoms with E-state index in [1.165, 1.54) is 0 Å². The Balaban J connectivity index is 2.50. The zero-order valence-electron chi connectivity index (χ0n) is 17.8. The van der Waals surface area contributed by atoms with E-state index < -0.39 is 5.60 Å². The molecule has 1 saturated heterocycles. The number of aliphatic imine (C=N–C) groups is 1. The van der Waals surface area contributed by atoms with Crippen molar-refractivity contribution in [1.82, 2.24) is 9.88 Å². The number of allylic oxidation sites excluding steroid dienone is 1. The molecule has 0 bridgehead atoms. The Hall–Kier alpha value is -1.69. The van der Waals surface area contributed by atoms with Crippen molar-refractivity contribution in [3.8, 4) is 0 Å². The number of pyridine rings is 1. The summed E-state index contributed by atoms with van der Waals surface area (Å²) in [6, 6.07) is 5.57. The van der Waals surface area contributed by atoms with Gasteiger partial charge in [-0.25, -0.2) is 9.78 Å². The molecule has 2 rings (SSSR count). The number of halogens is 1. The number of hydrogen-bond donors (Lipinski definition) is 0. The number of ether oxygens (including phenoxy) is 1. The van der Waals surface area contributed by atoms with Crippen LogP contribution in [0.1, 0.15) is 72.0 Å². The molecule has 6 heteroatoms. The lowest BCUT2D eigenvalue weighted by Crippen LogP contribution is -2.51. The lowest BCUT2D eigenvalue weighted by molar-refractivity contribution is 0.00237. The molecule has 28 heavy (non-hydrogen) atoms. The Morgan fingerprint density at radius 1 is 1.39 bits per heavy atom. The van der Waals surface area contributed by atoms with Crippen LogP contribution in [0.15, 0.2) is 39.4 Å². The molecule has 1 aromatic rings. The van der Waals surface area contributed by atoms with E-state index in [-0.39, 0.29) is 18.2 Å². The molecule has 0 radical (unpaired) electrons. The van der Waals surface area contributed by atoms with E-state index >= 15 is 0 Å². The number of amides is 1. The molecule has 1 aliphatic rings. The Kier molecular flexibility index (Phi) is 7.81. The number of carbonyl (C=O) groups is 1. The maximum absolute atomic E-state index is 13.3. The molecular formula is C22H32BrN3O2. The first kappa shape index (κ1) is 22.6. The van der Waals surface area contributed by atoms with Gasteiger partial charge in [-0.15, -0.1) is 0 Å². The molecule has 1 fully saturated rings. The van der Waals surface area contributed by atoms with Gasteiger partial charge in [0.15, 0.2) is 0 Å². The second kappa shape index (κ2) is 9.68. The zero-order chi connectivity index (χ0) is 20.9. The van der Waals surface area contributed by atoms with Crippen molar-refractivity contribution in [3.63, 3.8) is 0 Å². The molecule has 0 aliphatic carbocycles. The van der Waals surface area contributed by atoms with Crippen molar-refractivity contribution in [3.05, 3.63) is 40.1 Å². The summed E-state index contributed by atoms with van der Waals surface area (Å²) in [6.07, 6.45) is 5.51. The fraction of sp³-hybridized carbons (Fsp3) is 0.591. The van der Waals surface area contributed by atoms with E-state index in [9.17, 15) is 4.79 Å². The second-order valence-electron chi connectivity index (χ2n) is 8.14. The molecule has 2 unspecified atom stereocenters. The topological polar surface area (TPSA) is 54.8 Å². The molecule has 2 heterocycles. The number of nitrogens with zero attached hydrogens (tertiary/aromatic N) is 3. The summed E-state index contributed by atoms with van der Waals surface area (Å²) in [5.74, 6) is 0. The minimum Gasteiger partial charge on any atom is -0.444 e. The summed E-state index contributed by atoms with van der Waals surface area (Å²) in [5, 5.41) is 0. The van der Waals surface area contributed by atoms with E-state index in [1.807, 2.05) is 43.9 Å². The minimum atomic E-state index is -0.563. The zero-order valence-corrected chi connectivity index (χ0v) is 19.4. The van der Waals surface area contributed by atoms with Crippen LogP contribution >= 0.6 is 15.9 Å². The molecule has 2 atom stereocenters. The van der Waals surface area contributed by atoms with Gasteiger partial charge in [0.2, 0.25) is 0 Å². The van der Waals surface area contributed by atoms with Crippen LogP contribution in [-0.2, 0) is 4.74 Å². The highest BCUT2D eigenvalue weighted by molar-refractivity contribution is 9.10. The highest BCUT2D eigenvalue weighted by Crippen LogP contribution is 2.36. The lowest BCUT2D eigenvalue weighted by Gasteiger charge is -2.42. The molecule has 0 spiro atoms. The van der Waals surface area contributed by atoms with Crippen molar-refractivity contribution in [2.75, 3.05) is 7.05 Å². The summed E-state index contributed by atoms with van der Waals surface area (Å²) in [4.78, 5) is 24.4. The molecule has 5 nitrogen and oxygen atoms in total. The van der Waals surface area contributed by atoms with Crippen LogP contribution in [-0.4, -0.2) is 40.4 Å². The number of hydrogen-bond acceptors (Lipinski definition) is 4. The van der Waals surface area contributed by atoms with Crippen molar-refractivity contribution in [2.24, 2.45) is 4.99 Å². The highest BCUT2D eigenvalue weighted by atomic mass is 79.9. The van der Waals surface area contributed by atoms with Gasteiger partial charge in [0.25, 0.3) is 0 Å². The Labute approximate surface area is 177 Å². The Morgan fingerprint density at radius 3 is 2.68 bits per heavy atom. The maximum atomic E-state index is 13.3. The average Bonchev–Trinajstić information content (AvgIpc) is 2.61. The molecule has 154 valence electrons. The van der Waals surface area contributed by atoms with Crippen LogP contribution in [0, 0.1) is 0 Å². The van der Waals surface area contributed by atoms with E-state index in [1.54, 1.807) is 7.05 Å². The minimum absolute atomic E-state index is 0.123. The quantitative estimate of drug-likeness (QED) is 0.411. The largest absolute Gasteiger partial charge is 0.444 e. The number of rotatable bonds is 4. The van der Waals surface area contributed by atoms with Crippen molar-refractivity contribution in [1.29, 1.82) is 0 Å². The summed E-state index contributed by atoms with van der Waals surface area (Å²) >= 11 is 3.46. The highest BCUT2D eigenvalue weighted by Gasteiger charge is 2.40. The Bertz CT molecular complexity index is 752. The van der Waals surface area contributed by atoms with Gasteiger partial charge in [-0.2, -0.15) is 0 Å². The monoisotopic (exact) mass is 449 g/mol. The van der Waals surface area contributed by atoms with Gasteiger partial charge >= 0.3 is 6.09 Å². The molecule has 1 amide bonds. The molecular weight excluding hydrogens is 418 g/mol. The van der Waals surface area contributed by atoms with Crippen molar-refractivity contribution < 1.29 is 9.53 Å². The number of piperidine rings is 1. The molecule has 1 aromatic heterocycles. The SMILES string of the molecule is CC/C=C(/C)C(=NC)C1CCCC(c2cccc(Br)n2)N1C(=O)OC(C)(C)C. The fourth-order valence-electron chi connectivity index (χ4n) is 3.74. The van der Waals surface area contributed by atoms with Crippen LogP contribution in [0.4, 0.5) is 4.79 Å². The number of carbonyl (C=O) groups excluding carboxylic acids is 1.